The van der Waals surface area contributed by atoms with Gasteiger partial charge in [0.1, 0.15) is 0 Å². The Morgan fingerprint density at radius 3 is 2.61 bits per heavy atom. The van der Waals surface area contributed by atoms with E-state index in [4.69, 9.17) is 0 Å². The molecule has 0 unspecified atom stereocenters. The maximum atomic E-state index is 4.40. The van der Waals surface area contributed by atoms with Gasteiger partial charge < -0.3 is 0 Å². The molecule has 0 spiro atoms. The molecule has 2 aromatic carbocycles. The van der Waals surface area contributed by atoms with Crippen LogP contribution in [-0.2, 0) is 0 Å². The summed E-state index contributed by atoms with van der Waals surface area (Å²) in [5, 5.41) is 2.60. The first kappa shape index (κ1) is 9.54. The Labute approximate surface area is 105 Å². The van der Waals surface area contributed by atoms with E-state index in [1.165, 1.54) is 21.9 Å². The molecule has 0 saturated heterocycles. The Hall–Kier alpha value is -2.48. The van der Waals surface area contributed by atoms with Crippen LogP contribution in [0.5, 0.6) is 0 Å². The summed E-state index contributed by atoms with van der Waals surface area (Å²) in [7, 11) is 0. The molecule has 0 atom stereocenters. The van der Waals surface area contributed by atoms with Crippen molar-refractivity contribution in [2.45, 2.75) is 0 Å². The topological polar surface area (TPSA) is 25.8 Å². The molecule has 0 N–H and O–H groups in total. The number of nitrogens with zero attached hydrogens (tertiary/aromatic N) is 2. The second kappa shape index (κ2) is 3.50. The molecule has 0 aliphatic heterocycles. The Morgan fingerprint density at radius 2 is 1.78 bits per heavy atom. The van der Waals surface area contributed by atoms with Crippen LogP contribution in [-0.4, -0.2) is 9.97 Å². The number of benzene rings is 2. The van der Waals surface area contributed by atoms with Crippen LogP contribution in [0.1, 0.15) is 16.8 Å². The predicted octanol–water partition coefficient (Wildman–Crippen LogP) is 3.53. The minimum Gasteiger partial charge on any atom is -0.261 e. The molecule has 0 fully saturated rings. The van der Waals surface area contributed by atoms with Gasteiger partial charge in [0.2, 0.25) is 0 Å². The lowest BCUT2D eigenvalue weighted by Crippen LogP contribution is -1.89. The first-order valence-corrected chi connectivity index (χ1v) is 5.94. The van der Waals surface area contributed by atoms with Crippen molar-refractivity contribution in [1.82, 2.24) is 9.97 Å². The van der Waals surface area contributed by atoms with Gasteiger partial charge in [0.15, 0.2) is 0 Å². The SMILES string of the molecule is C1=C(c2cnccn2)c2cccc3cccc1c23. The lowest BCUT2D eigenvalue weighted by atomic mass is 10.0. The molecular formula is C16H10N2. The van der Waals surface area contributed by atoms with Crippen LogP contribution in [0.3, 0.4) is 0 Å². The Bertz CT molecular complexity index is 768. The molecule has 3 aromatic rings. The lowest BCUT2D eigenvalue weighted by Gasteiger charge is -2.04. The van der Waals surface area contributed by atoms with E-state index in [-0.39, 0.29) is 0 Å². The van der Waals surface area contributed by atoms with Gasteiger partial charge in [-0.1, -0.05) is 36.4 Å². The smallest absolute Gasteiger partial charge is 0.0891 e. The molecule has 4 rings (SSSR count). The van der Waals surface area contributed by atoms with Crippen molar-refractivity contribution in [3.8, 4) is 0 Å². The highest BCUT2D eigenvalue weighted by atomic mass is 14.8. The molecule has 2 nitrogen and oxygen atoms in total. The van der Waals surface area contributed by atoms with E-state index in [1.54, 1.807) is 12.4 Å². The van der Waals surface area contributed by atoms with Gasteiger partial charge in [0.25, 0.3) is 0 Å². The molecule has 1 aliphatic carbocycles. The zero-order chi connectivity index (χ0) is 11.9. The third kappa shape index (κ3) is 1.23. The van der Waals surface area contributed by atoms with Gasteiger partial charge in [-0.25, -0.2) is 0 Å². The van der Waals surface area contributed by atoms with Gasteiger partial charge in [-0.05, 0) is 28.0 Å². The number of rotatable bonds is 1. The van der Waals surface area contributed by atoms with E-state index in [2.05, 4.69) is 52.4 Å². The fraction of sp³-hybridized carbons (Fsp3) is 0. The fourth-order valence-electron chi connectivity index (χ4n) is 2.60. The quantitative estimate of drug-likeness (QED) is 0.500. The highest BCUT2D eigenvalue weighted by Crippen LogP contribution is 2.38. The first-order valence-electron chi connectivity index (χ1n) is 5.94. The van der Waals surface area contributed by atoms with Gasteiger partial charge in [-0.3, -0.25) is 9.97 Å². The zero-order valence-corrected chi connectivity index (χ0v) is 9.67. The highest BCUT2D eigenvalue weighted by Gasteiger charge is 2.17. The maximum Gasteiger partial charge on any atom is 0.0891 e. The molecular weight excluding hydrogens is 220 g/mol. The normalized spacial score (nSPS) is 12.8. The minimum atomic E-state index is 0.932. The summed E-state index contributed by atoms with van der Waals surface area (Å²) in [6.07, 6.45) is 7.45. The second-order valence-electron chi connectivity index (χ2n) is 4.40. The van der Waals surface area contributed by atoms with E-state index in [0.29, 0.717) is 0 Å². The summed E-state index contributed by atoms with van der Waals surface area (Å²) in [6, 6.07) is 12.8. The summed E-state index contributed by atoms with van der Waals surface area (Å²) in [5.74, 6) is 0. The molecule has 0 bridgehead atoms. The van der Waals surface area contributed by atoms with Gasteiger partial charge in [-0.15, -0.1) is 0 Å². The second-order valence-corrected chi connectivity index (χ2v) is 4.40. The minimum absolute atomic E-state index is 0.932. The fourth-order valence-corrected chi connectivity index (χ4v) is 2.60. The summed E-state index contributed by atoms with van der Waals surface area (Å²) >= 11 is 0. The van der Waals surface area contributed by atoms with Crippen LogP contribution >= 0.6 is 0 Å². The monoisotopic (exact) mass is 230 g/mol. The summed E-state index contributed by atoms with van der Waals surface area (Å²) in [6.45, 7) is 0. The van der Waals surface area contributed by atoms with Gasteiger partial charge >= 0.3 is 0 Å². The van der Waals surface area contributed by atoms with Crippen LogP contribution in [0.25, 0.3) is 22.4 Å². The lowest BCUT2D eigenvalue weighted by molar-refractivity contribution is 1.17. The summed E-state index contributed by atoms with van der Waals surface area (Å²) in [5.41, 5.74) is 4.61. The van der Waals surface area contributed by atoms with Gasteiger partial charge in [-0.2, -0.15) is 0 Å². The largest absolute Gasteiger partial charge is 0.261 e. The van der Waals surface area contributed by atoms with Gasteiger partial charge in [0, 0.05) is 18.0 Å². The molecule has 84 valence electrons. The number of hydrogen-bond acceptors (Lipinski definition) is 2. The molecule has 0 radical (unpaired) electrons. The van der Waals surface area contributed by atoms with Crippen molar-refractivity contribution < 1.29 is 0 Å². The molecule has 2 heteroatoms. The molecule has 18 heavy (non-hydrogen) atoms. The van der Waals surface area contributed by atoms with E-state index < -0.39 is 0 Å². The van der Waals surface area contributed by atoms with Crippen LogP contribution in [0.2, 0.25) is 0 Å². The third-order valence-electron chi connectivity index (χ3n) is 3.37. The number of hydrogen-bond donors (Lipinski definition) is 0. The molecule has 0 saturated carbocycles. The Kier molecular flexibility index (Phi) is 1.86. The molecule has 0 amide bonds. The predicted molar refractivity (Wildman–Crippen MR) is 73.0 cm³/mol. The van der Waals surface area contributed by atoms with Crippen molar-refractivity contribution >= 4 is 22.4 Å². The van der Waals surface area contributed by atoms with E-state index in [0.717, 1.165) is 11.3 Å². The average molecular weight is 230 g/mol. The van der Waals surface area contributed by atoms with E-state index in [9.17, 15) is 0 Å². The number of aromatic nitrogens is 2. The van der Waals surface area contributed by atoms with E-state index >= 15 is 0 Å². The highest BCUT2D eigenvalue weighted by molar-refractivity contribution is 6.12. The van der Waals surface area contributed by atoms with Crippen LogP contribution in [0.4, 0.5) is 0 Å². The van der Waals surface area contributed by atoms with E-state index in [1.807, 2.05) is 6.20 Å². The first-order chi connectivity index (χ1) is 8.93. The summed E-state index contributed by atoms with van der Waals surface area (Å²) in [4.78, 5) is 8.55. The van der Waals surface area contributed by atoms with Gasteiger partial charge in [0.05, 0.1) is 11.9 Å². The van der Waals surface area contributed by atoms with Crippen LogP contribution < -0.4 is 0 Å². The maximum absolute atomic E-state index is 4.40. The van der Waals surface area contributed by atoms with Crippen molar-refractivity contribution in [3.05, 3.63) is 71.8 Å². The molecule has 1 aliphatic rings. The van der Waals surface area contributed by atoms with Crippen molar-refractivity contribution in [2.75, 3.05) is 0 Å². The van der Waals surface area contributed by atoms with Crippen molar-refractivity contribution in [3.63, 3.8) is 0 Å². The molecule has 1 aromatic heterocycles. The van der Waals surface area contributed by atoms with Crippen molar-refractivity contribution in [2.24, 2.45) is 0 Å². The summed E-state index contributed by atoms with van der Waals surface area (Å²) < 4.78 is 0. The van der Waals surface area contributed by atoms with Crippen molar-refractivity contribution in [1.29, 1.82) is 0 Å². The Balaban J connectivity index is 2.04. The zero-order valence-electron chi connectivity index (χ0n) is 9.67. The van der Waals surface area contributed by atoms with Crippen LogP contribution in [0.15, 0.2) is 55.0 Å². The third-order valence-corrected chi connectivity index (χ3v) is 3.37. The Morgan fingerprint density at radius 1 is 0.889 bits per heavy atom. The van der Waals surface area contributed by atoms with Crippen LogP contribution in [0, 0.1) is 0 Å². The average Bonchev–Trinajstić information content (AvgIpc) is 2.82. The molecule has 1 heterocycles. The standard InChI is InChI=1S/C16H10N2/c1-3-11-4-2-6-13-14(9-12(5-1)16(11)13)15-10-17-7-8-18-15/h1-10H.